The first-order valence-electron chi connectivity index (χ1n) is 2.87. The fraction of sp³-hybridized carbons (Fsp3) is 0.600. The average Bonchev–Trinajstić information content (AvgIpc) is 1.81. The summed E-state index contributed by atoms with van der Waals surface area (Å²) in [5.41, 5.74) is 10.1. The number of guanidine groups is 1. The van der Waals surface area contributed by atoms with Crippen LogP contribution in [0.1, 0.15) is 13.3 Å². The van der Waals surface area contributed by atoms with Crippen LogP contribution < -0.4 is 11.5 Å². The zero-order valence-electron chi connectivity index (χ0n) is 5.70. The molecule has 0 aromatic carbocycles. The summed E-state index contributed by atoms with van der Waals surface area (Å²) in [5.74, 6) is -0.0459. The van der Waals surface area contributed by atoms with Gasteiger partial charge in [0.1, 0.15) is 0 Å². The van der Waals surface area contributed by atoms with Crippen LogP contribution in [0.15, 0.2) is 4.99 Å². The van der Waals surface area contributed by atoms with Crippen molar-refractivity contribution < 1.29 is 4.79 Å². The summed E-state index contributed by atoms with van der Waals surface area (Å²) in [4.78, 5) is 14.3. The Morgan fingerprint density at radius 3 is 2.30 bits per heavy atom. The summed E-state index contributed by atoms with van der Waals surface area (Å²) in [6.45, 7) is 1.84. The fourth-order valence-electron chi connectivity index (χ4n) is 0.491. The number of nitrogens with two attached hydrogens (primary N) is 2. The summed E-state index contributed by atoms with van der Waals surface area (Å²) in [6, 6.07) is -0.412. The number of hydrogen-bond donors (Lipinski definition) is 2. The molecule has 0 aromatic rings. The van der Waals surface area contributed by atoms with Crippen molar-refractivity contribution in [1.29, 1.82) is 0 Å². The zero-order chi connectivity index (χ0) is 8.15. The third kappa shape index (κ3) is 3.48. The van der Waals surface area contributed by atoms with Crippen molar-refractivity contribution in [3.8, 4) is 0 Å². The summed E-state index contributed by atoms with van der Waals surface area (Å²) < 4.78 is -0.129. The third-order valence-electron chi connectivity index (χ3n) is 0.964. The number of aliphatic imine (C=N–C) groups is 1. The second-order valence-electron chi connectivity index (χ2n) is 1.80. The van der Waals surface area contributed by atoms with Gasteiger partial charge < -0.3 is 0 Å². The van der Waals surface area contributed by atoms with E-state index in [-0.39, 0.29) is 10.6 Å². The van der Waals surface area contributed by atoms with Gasteiger partial charge in [-0.15, -0.1) is 0 Å². The van der Waals surface area contributed by atoms with E-state index >= 15 is 0 Å². The summed E-state index contributed by atoms with van der Waals surface area (Å²) >= 11 is 2.34. The Balaban J connectivity index is 4.09. The van der Waals surface area contributed by atoms with E-state index in [1.165, 1.54) is 0 Å². The van der Waals surface area contributed by atoms with Gasteiger partial charge in [0.2, 0.25) is 0 Å². The third-order valence-corrected chi connectivity index (χ3v) is 1.53. The summed E-state index contributed by atoms with van der Waals surface area (Å²) in [6.07, 6.45) is 0.615. The molecule has 0 fully saturated rings. The van der Waals surface area contributed by atoms with E-state index in [1.807, 2.05) is 6.92 Å². The van der Waals surface area contributed by atoms with Crippen LogP contribution in [0.4, 0.5) is 0 Å². The van der Waals surface area contributed by atoms with Crippen LogP contribution in [0.25, 0.3) is 0 Å². The molecule has 0 aromatic heterocycles. The van der Waals surface area contributed by atoms with Crippen LogP contribution in [0.5, 0.6) is 0 Å². The monoisotopic (exact) mass is 208 g/mol. The van der Waals surface area contributed by atoms with Crippen LogP contribution in [-0.2, 0) is 4.79 Å². The van der Waals surface area contributed by atoms with Crippen LogP contribution >= 0.6 is 0 Å². The molecule has 0 heterocycles. The van der Waals surface area contributed by atoms with Crippen LogP contribution in [0, 0.1) is 0 Å². The van der Waals surface area contributed by atoms with Gasteiger partial charge in [0, 0.05) is 0 Å². The van der Waals surface area contributed by atoms with Crippen molar-refractivity contribution in [3.05, 3.63) is 0 Å². The minimum atomic E-state index is -0.412. The van der Waals surface area contributed by atoms with Gasteiger partial charge in [0.25, 0.3) is 0 Å². The molecule has 0 aliphatic rings. The van der Waals surface area contributed by atoms with Gasteiger partial charge in [-0.25, -0.2) is 0 Å². The molecular weight excluding hydrogens is 197 g/mol. The molecule has 0 bridgehead atoms. The number of rotatable bonds is 3. The maximum absolute atomic E-state index is 10.6. The van der Waals surface area contributed by atoms with Gasteiger partial charge in [-0.3, -0.25) is 0 Å². The van der Waals surface area contributed by atoms with E-state index in [0.717, 1.165) is 0 Å². The Morgan fingerprint density at radius 2 is 2.20 bits per heavy atom. The first-order chi connectivity index (χ1) is 4.57. The van der Waals surface area contributed by atoms with Crippen molar-refractivity contribution in [2.24, 2.45) is 16.5 Å². The van der Waals surface area contributed by atoms with E-state index in [1.54, 1.807) is 0 Å². The van der Waals surface area contributed by atoms with Crippen molar-refractivity contribution in [3.63, 3.8) is 0 Å². The molecule has 4 N–H and O–H groups in total. The Bertz CT molecular complexity index is 153. The number of carbonyl (C=O) groups is 1. The fourth-order valence-corrected chi connectivity index (χ4v) is 0.951. The standard InChI is InChI=1S/C5H10N3OSe/c1-2-3(4(9)10)8-5(6)7/h3H,2H2,1H3,(H4,6,7,8). The van der Waals surface area contributed by atoms with Crippen LogP contribution in [-0.4, -0.2) is 32.7 Å². The van der Waals surface area contributed by atoms with E-state index in [9.17, 15) is 4.79 Å². The van der Waals surface area contributed by atoms with Crippen molar-refractivity contribution in [1.82, 2.24) is 0 Å². The molecule has 0 spiro atoms. The molecular formula is C5H10N3OSe. The average molecular weight is 207 g/mol. The predicted molar refractivity (Wildman–Crippen MR) is 40.6 cm³/mol. The first-order valence-corrected chi connectivity index (χ1v) is 3.73. The molecule has 0 rings (SSSR count). The molecule has 0 saturated carbocycles. The maximum atomic E-state index is 10.6. The van der Waals surface area contributed by atoms with Gasteiger partial charge in [-0.2, -0.15) is 0 Å². The van der Waals surface area contributed by atoms with E-state index in [2.05, 4.69) is 21.0 Å². The Labute approximate surface area is 67.9 Å². The molecule has 1 atom stereocenters. The van der Waals surface area contributed by atoms with E-state index < -0.39 is 6.04 Å². The number of nitrogens with zero attached hydrogens (tertiary/aromatic N) is 1. The topological polar surface area (TPSA) is 81.5 Å². The molecule has 1 unspecified atom stereocenters. The molecule has 0 saturated heterocycles. The molecule has 10 heavy (non-hydrogen) atoms. The van der Waals surface area contributed by atoms with E-state index in [4.69, 9.17) is 11.5 Å². The Hall–Kier alpha value is -0.541. The molecule has 5 heteroatoms. The molecule has 0 aliphatic heterocycles. The minimum absolute atomic E-state index is 0.0459. The molecule has 1 radical (unpaired) electrons. The molecule has 4 nitrogen and oxygen atoms in total. The first kappa shape index (κ1) is 9.46. The second kappa shape index (κ2) is 4.30. The van der Waals surface area contributed by atoms with Crippen molar-refractivity contribution in [2.75, 3.05) is 0 Å². The summed E-state index contributed by atoms with van der Waals surface area (Å²) in [7, 11) is 0. The normalized spacial score (nSPS) is 12.1. The molecule has 0 aliphatic carbocycles. The van der Waals surface area contributed by atoms with Crippen LogP contribution in [0.2, 0.25) is 0 Å². The number of hydrogen-bond acceptors (Lipinski definition) is 2. The van der Waals surface area contributed by atoms with Gasteiger partial charge in [0.15, 0.2) is 0 Å². The molecule has 0 amide bonds. The van der Waals surface area contributed by atoms with Crippen LogP contribution in [0.3, 0.4) is 0 Å². The van der Waals surface area contributed by atoms with Gasteiger partial charge in [-0.1, -0.05) is 0 Å². The van der Waals surface area contributed by atoms with Crippen molar-refractivity contribution in [2.45, 2.75) is 19.4 Å². The Kier molecular flexibility index (Phi) is 4.07. The SMILES string of the molecule is CCC(N=C(N)N)C(=O)[Se]. The van der Waals surface area contributed by atoms with Crippen molar-refractivity contribution >= 4 is 26.7 Å². The van der Waals surface area contributed by atoms with E-state index in [0.29, 0.717) is 6.42 Å². The van der Waals surface area contributed by atoms with Gasteiger partial charge in [-0.05, 0) is 0 Å². The quantitative estimate of drug-likeness (QED) is 0.344. The number of carbonyl (C=O) groups excluding carboxylic acids is 1. The molecule has 57 valence electrons. The zero-order valence-corrected chi connectivity index (χ0v) is 7.42. The second-order valence-corrected chi connectivity index (χ2v) is 2.64. The van der Waals surface area contributed by atoms with Gasteiger partial charge >= 0.3 is 67.3 Å². The summed E-state index contributed by atoms with van der Waals surface area (Å²) in [5, 5.41) is 0. The Morgan fingerprint density at radius 1 is 1.70 bits per heavy atom. The predicted octanol–water partition coefficient (Wildman–Crippen LogP) is -1.27. The van der Waals surface area contributed by atoms with Gasteiger partial charge in [0.05, 0.1) is 0 Å².